The molecule has 1 N–H and O–H groups in total. The fourth-order valence-electron chi connectivity index (χ4n) is 1.62. The van der Waals surface area contributed by atoms with Crippen LogP contribution in [0.2, 0.25) is 0 Å². The van der Waals surface area contributed by atoms with Gasteiger partial charge in [0.2, 0.25) is 0 Å². The maximum atomic E-state index is 10.8. The minimum atomic E-state index is -0.786. The summed E-state index contributed by atoms with van der Waals surface area (Å²) in [4.78, 5) is 12.7. The summed E-state index contributed by atoms with van der Waals surface area (Å²) >= 11 is 0. The Morgan fingerprint density at radius 2 is 1.76 bits per heavy atom. The van der Waals surface area contributed by atoms with Crippen LogP contribution < -0.4 is 0 Å². The molecule has 0 amide bonds. The van der Waals surface area contributed by atoms with Crippen LogP contribution in [0.4, 0.5) is 0 Å². The lowest BCUT2D eigenvalue weighted by atomic mass is 10.0. The Morgan fingerprint density at radius 1 is 1.24 bits per heavy atom. The fourth-order valence-corrected chi connectivity index (χ4v) is 1.62. The van der Waals surface area contributed by atoms with Crippen LogP contribution in [0.5, 0.6) is 0 Å². The molecule has 0 saturated carbocycles. The Labute approximate surface area is 103 Å². The van der Waals surface area contributed by atoms with E-state index >= 15 is 0 Å². The molecule has 0 heterocycles. The second kappa shape index (κ2) is 5.82. The van der Waals surface area contributed by atoms with E-state index in [1.165, 1.54) is 5.56 Å². The van der Waals surface area contributed by atoms with E-state index in [1.54, 1.807) is 6.92 Å². The number of carbonyl (C=O) groups is 1. The summed E-state index contributed by atoms with van der Waals surface area (Å²) in [5.74, 6) is -0.258. The van der Waals surface area contributed by atoms with Gasteiger partial charge in [0.1, 0.15) is 6.04 Å². The van der Waals surface area contributed by atoms with E-state index in [0.717, 1.165) is 5.56 Å². The molecule has 3 nitrogen and oxygen atoms in total. The van der Waals surface area contributed by atoms with Crippen molar-refractivity contribution in [2.45, 2.75) is 39.3 Å². The molecule has 0 aliphatic carbocycles. The van der Waals surface area contributed by atoms with Crippen molar-refractivity contribution >= 4 is 5.97 Å². The molecule has 0 aliphatic heterocycles. The summed E-state index contributed by atoms with van der Waals surface area (Å²) in [5, 5.41) is 8.91. The minimum Gasteiger partial charge on any atom is -0.480 e. The van der Waals surface area contributed by atoms with E-state index < -0.39 is 12.0 Å². The first kappa shape index (κ1) is 13.7. The second-order valence-corrected chi connectivity index (χ2v) is 4.83. The van der Waals surface area contributed by atoms with Crippen molar-refractivity contribution in [1.82, 2.24) is 4.90 Å². The number of nitrogens with zero attached hydrogens (tertiary/aromatic N) is 1. The first-order valence-electron chi connectivity index (χ1n) is 5.93. The van der Waals surface area contributed by atoms with E-state index in [4.69, 9.17) is 5.11 Å². The van der Waals surface area contributed by atoms with Crippen LogP contribution in [-0.4, -0.2) is 29.1 Å². The quantitative estimate of drug-likeness (QED) is 0.853. The van der Waals surface area contributed by atoms with Crippen molar-refractivity contribution in [3.05, 3.63) is 35.4 Å². The molecular formula is C14H21NO2. The van der Waals surface area contributed by atoms with Gasteiger partial charge in [0.15, 0.2) is 0 Å². The molecule has 0 aromatic heterocycles. The Hall–Kier alpha value is -1.35. The summed E-state index contributed by atoms with van der Waals surface area (Å²) in [6.07, 6.45) is 0. The highest BCUT2D eigenvalue weighted by Gasteiger charge is 2.16. The maximum absolute atomic E-state index is 10.8. The van der Waals surface area contributed by atoms with Crippen molar-refractivity contribution in [2.24, 2.45) is 0 Å². The van der Waals surface area contributed by atoms with Gasteiger partial charge in [-0.25, -0.2) is 0 Å². The molecule has 1 aromatic carbocycles. The first-order chi connectivity index (χ1) is 7.91. The third-order valence-corrected chi connectivity index (χ3v) is 3.10. The van der Waals surface area contributed by atoms with Gasteiger partial charge < -0.3 is 5.11 Å². The van der Waals surface area contributed by atoms with Crippen LogP contribution in [0.3, 0.4) is 0 Å². The summed E-state index contributed by atoms with van der Waals surface area (Å²) in [6.45, 7) is 6.68. The van der Waals surface area contributed by atoms with Crippen LogP contribution >= 0.6 is 0 Å². The smallest absolute Gasteiger partial charge is 0.320 e. The van der Waals surface area contributed by atoms with Crippen molar-refractivity contribution in [1.29, 1.82) is 0 Å². The molecule has 1 atom stereocenters. The summed E-state index contributed by atoms with van der Waals surface area (Å²) in [6, 6.07) is 7.90. The van der Waals surface area contributed by atoms with Gasteiger partial charge in [0, 0.05) is 6.54 Å². The highest BCUT2D eigenvalue weighted by atomic mass is 16.4. The molecule has 0 aliphatic rings. The largest absolute Gasteiger partial charge is 0.480 e. The van der Waals surface area contributed by atoms with Gasteiger partial charge in [-0.15, -0.1) is 0 Å². The molecule has 0 radical (unpaired) electrons. The highest BCUT2D eigenvalue weighted by Crippen LogP contribution is 2.15. The van der Waals surface area contributed by atoms with Gasteiger partial charge in [0.05, 0.1) is 0 Å². The van der Waals surface area contributed by atoms with Crippen LogP contribution in [0.1, 0.15) is 37.8 Å². The molecule has 1 rings (SSSR count). The Kier molecular flexibility index (Phi) is 4.70. The van der Waals surface area contributed by atoms with Gasteiger partial charge in [-0.3, -0.25) is 9.69 Å². The average molecular weight is 235 g/mol. The number of benzene rings is 1. The predicted molar refractivity (Wildman–Crippen MR) is 69.1 cm³/mol. The monoisotopic (exact) mass is 235 g/mol. The molecule has 1 unspecified atom stereocenters. The van der Waals surface area contributed by atoms with Crippen molar-refractivity contribution in [3.63, 3.8) is 0 Å². The lowest BCUT2D eigenvalue weighted by Crippen LogP contribution is -2.35. The summed E-state index contributed by atoms with van der Waals surface area (Å²) in [7, 11) is 1.83. The maximum Gasteiger partial charge on any atom is 0.320 e. The van der Waals surface area contributed by atoms with Gasteiger partial charge in [-0.1, -0.05) is 38.1 Å². The molecule has 0 bridgehead atoms. The minimum absolute atomic E-state index is 0.459. The molecule has 0 spiro atoms. The molecule has 3 heteroatoms. The third kappa shape index (κ3) is 3.86. The van der Waals surface area contributed by atoms with Crippen LogP contribution in [0.25, 0.3) is 0 Å². The molecule has 0 fully saturated rings. The highest BCUT2D eigenvalue weighted by molar-refractivity contribution is 5.72. The van der Waals surface area contributed by atoms with Gasteiger partial charge in [0.25, 0.3) is 0 Å². The molecule has 0 saturated heterocycles. The Balaban J connectivity index is 2.66. The van der Waals surface area contributed by atoms with Crippen LogP contribution in [-0.2, 0) is 11.3 Å². The number of aliphatic carboxylic acids is 1. The van der Waals surface area contributed by atoms with Gasteiger partial charge in [-0.2, -0.15) is 0 Å². The van der Waals surface area contributed by atoms with E-state index in [9.17, 15) is 4.79 Å². The topological polar surface area (TPSA) is 40.5 Å². The van der Waals surface area contributed by atoms with E-state index in [2.05, 4.69) is 38.1 Å². The van der Waals surface area contributed by atoms with Crippen LogP contribution in [0, 0.1) is 0 Å². The predicted octanol–water partition coefficient (Wildman–Crippen LogP) is 2.71. The Bertz CT molecular complexity index is 370. The fraction of sp³-hybridized carbons (Fsp3) is 0.500. The molecule has 17 heavy (non-hydrogen) atoms. The SMILES string of the molecule is CC(C)c1ccc(CN(C)C(C)C(=O)O)cc1. The van der Waals surface area contributed by atoms with Crippen molar-refractivity contribution in [3.8, 4) is 0 Å². The number of carboxylic acids is 1. The molecule has 94 valence electrons. The second-order valence-electron chi connectivity index (χ2n) is 4.83. The lowest BCUT2D eigenvalue weighted by Gasteiger charge is -2.21. The normalized spacial score (nSPS) is 13.1. The number of rotatable bonds is 5. The molecular weight excluding hydrogens is 214 g/mol. The van der Waals surface area contributed by atoms with Crippen molar-refractivity contribution < 1.29 is 9.90 Å². The van der Waals surface area contributed by atoms with Crippen LogP contribution in [0.15, 0.2) is 24.3 Å². The zero-order valence-electron chi connectivity index (χ0n) is 11.0. The zero-order valence-corrected chi connectivity index (χ0v) is 11.0. The number of hydrogen-bond acceptors (Lipinski definition) is 2. The summed E-state index contributed by atoms with van der Waals surface area (Å²) < 4.78 is 0. The van der Waals surface area contributed by atoms with Crippen molar-refractivity contribution in [2.75, 3.05) is 7.05 Å². The van der Waals surface area contributed by atoms with Gasteiger partial charge >= 0.3 is 5.97 Å². The third-order valence-electron chi connectivity index (χ3n) is 3.10. The van der Waals surface area contributed by atoms with E-state index in [0.29, 0.717) is 12.5 Å². The Morgan fingerprint density at radius 3 is 2.18 bits per heavy atom. The average Bonchev–Trinajstić information content (AvgIpc) is 2.28. The van der Waals surface area contributed by atoms with E-state index in [-0.39, 0.29) is 0 Å². The number of carboxylic acid groups (broad SMARTS) is 1. The zero-order chi connectivity index (χ0) is 13.0. The number of likely N-dealkylation sites (N-methyl/N-ethyl adjacent to an activating group) is 1. The number of hydrogen-bond donors (Lipinski definition) is 1. The lowest BCUT2D eigenvalue weighted by molar-refractivity contribution is -0.142. The van der Waals surface area contributed by atoms with E-state index in [1.807, 2.05) is 11.9 Å². The van der Waals surface area contributed by atoms with Gasteiger partial charge in [-0.05, 0) is 31.0 Å². The molecule has 1 aromatic rings. The standard InChI is InChI=1S/C14H21NO2/c1-10(2)13-7-5-12(6-8-13)9-15(4)11(3)14(16)17/h5-8,10-11H,9H2,1-4H3,(H,16,17). The first-order valence-corrected chi connectivity index (χ1v) is 5.93. The summed E-state index contributed by atoms with van der Waals surface area (Å²) in [5.41, 5.74) is 2.45.